The minimum atomic E-state index is -0.238. The molecule has 1 aliphatic rings. The molecule has 0 radical (unpaired) electrons. The van der Waals surface area contributed by atoms with E-state index in [1.165, 1.54) is 5.56 Å². The van der Waals surface area contributed by atoms with Gasteiger partial charge in [-0.2, -0.15) is 0 Å². The molecule has 1 saturated carbocycles. The molecule has 4 rings (SSSR count). The molecule has 1 aromatic heterocycles. The van der Waals surface area contributed by atoms with Crippen molar-refractivity contribution in [1.82, 2.24) is 14.5 Å². The van der Waals surface area contributed by atoms with Gasteiger partial charge in [0.25, 0.3) is 0 Å². The number of rotatable bonds is 8. The molecule has 1 N–H and O–H groups in total. The van der Waals surface area contributed by atoms with E-state index in [0.29, 0.717) is 18.4 Å². The molecule has 34 heavy (non-hydrogen) atoms. The highest BCUT2D eigenvalue weighted by atomic mass is 16.2. The molecular weight excluding hydrogens is 424 g/mol. The third-order valence-corrected chi connectivity index (χ3v) is 6.60. The number of anilines is 1. The molecule has 0 spiro atoms. The lowest BCUT2D eigenvalue weighted by atomic mass is 10.0. The second kappa shape index (κ2) is 10.7. The summed E-state index contributed by atoms with van der Waals surface area (Å²) in [5, 5.41) is 2.97. The van der Waals surface area contributed by atoms with E-state index in [2.05, 4.69) is 31.3 Å². The summed E-state index contributed by atoms with van der Waals surface area (Å²) in [6, 6.07) is 18.2. The van der Waals surface area contributed by atoms with Gasteiger partial charge in [-0.1, -0.05) is 69.2 Å². The van der Waals surface area contributed by atoms with Crippen molar-refractivity contribution in [1.29, 1.82) is 0 Å². The first-order chi connectivity index (χ1) is 16.5. The summed E-state index contributed by atoms with van der Waals surface area (Å²) in [4.78, 5) is 32.3. The zero-order valence-corrected chi connectivity index (χ0v) is 20.3. The van der Waals surface area contributed by atoms with Crippen molar-refractivity contribution >= 4 is 17.8 Å². The van der Waals surface area contributed by atoms with Crippen LogP contribution in [0, 0.1) is 5.92 Å². The van der Waals surface area contributed by atoms with Gasteiger partial charge in [0.05, 0.1) is 12.2 Å². The Balaban J connectivity index is 1.58. The monoisotopic (exact) mass is 458 g/mol. The zero-order chi connectivity index (χ0) is 24.1. The third-order valence-electron chi connectivity index (χ3n) is 6.60. The van der Waals surface area contributed by atoms with Crippen LogP contribution in [-0.2, 0) is 9.59 Å². The fourth-order valence-electron chi connectivity index (χ4n) is 4.55. The van der Waals surface area contributed by atoms with Crippen LogP contribution in [0.1, 0.15) is 57.9 Å². The van der Waals surface area contributed by atoms with Crippen LogP contribution in [0.15, 0.2) is 60.8 Å². The molecule has 1 aliphatic carbocycles. The molecule has 0 aliphatic heterocycles. The number of hydrogen-bond donors (Lipinski definition) is 1. The van der Waals surface area contributed by atoms with Crippen molar-refractivity contribution < 1.29 is 9.59 Å². The summed E-state index contributed by atoms with van der Waals surface area (Å²) in [5.74, 6) is 0.795. The van der Waals surface area contributed by atoms with E-state index in [1.54, 1.807) is 4.90 Å². The van der Waals surface area contributed by atoms with E-state index in [9.17, 15) is 9.59 Å². The number of amides is 2. The molecule has 178 valence electrons. The van der Waals surface area contributed by atoms with Crippen LogP contribution in [0.4, 0.5) is 5.95 Å². The summed E-state index contributed by atoms with van der Waals surface area (Å²) < 4.78 is 1.90. The van der Waals surface area contributed by atoms with Crippen molar-refractivity contribution in [3.63, 3.8) is 0 Å². The van der Waals surface area contributed by atoms with Crippen LogP contribution >= 0.6 is 0 Å². The molecule has 6 nitrogen and oxygen atoms in total. The Hall–Kier alpha value is -3.41. The van der Waals surface area contributed by atoms with Gasteiger partial charge in [0.2, 0.25) is 17.8 Å². The molecule has 0 unspecified atom stereocenters. The lowest BCUT2D eigenvalue weighted by Crippen LogP contribution is -2.40. The molecule has 2 amide bonds. The van der Waals surface area contributed by atoms with E-state index in [1.807, 2.05) is 60.2 Å². The van der Waals surface area contributed by atoms with Crippen LogP contribution < -0.4 is 5.32 Å². The SMILES string of the molecule is CCN(CC(=O)Nc1nc(-c2ccccc2)cn1-c1ccc(C(C)C)cc1)C(=O)C1CCCC1. The molecule has 0 bridgehead atoms. The van der Waals surface area contributed by atoms with E-state index >= 15 is 0 Å². The highest BCUT2D eigenvalue weighted by Crippen LogP contribution is 2.27. The van der Waals surface area contributed by atoms with Crippen molar-refractivity contribution in [2.45, 2.75) is 52.4 Å². The Labute approximate surface area is 202 Å². The lowest BCUT2D eigenvalue weighted by Gasteiger charge is -2.23. The topological polar surface area (TPSA) is 67.2 Å². The zero-order valence-electron chi connectivity index (χ0n) is 20.3. The number of carbonyl (C=O) groups excluding carboxylic acids is 2. The molecule has 6 heteroatoms. The predicted molar refractivity (Wildman–Crippen MR) is 136 cm³/mol. The minimum absolute atomic E-state index is 0.0334. The molecule has 1 heterocycles. The van der Waals surface area contributed by atoms with E-state index < -0.39 is 0 Å². The van der Waals surface area contributed by atoms with Crippen LogP contribution in [0.2, 0.25) is 0 Å². The summed E-state index contributed by atoms with van der Waals surface area (Å²) in [6.07, 6.45) is 5.98. The Morgan fingerprint density at radius 1 is 1.06 bits per heavy atom. The van der Waals surface area contributed by atoms with Crippen molar-refractivity contribution in [3.8, 4) is 16.9 Å². The fourth-order valence-corrected chi connectivity index (χ4v) is 4.55. The number of carbonyl (C=O) groups is 2. The molecular formula is C28H34N4O2. The average Bonchev–Trinajstić information content (AvgIpc) is 3.53. The molecule has 1 fully saturated rings. The smallest absolute Gasteiger partial charge is 0.246 e. The highest BCUT2D eigenvalue weighted by molar-refractivity contribution is 5.94. The van der Waals surface area contributed by atoms with Gasteiger partial charge in [0.15, 0.2) is 0 Å². The van der Waals surface area contributed by atoms with Gasteiger partial charge in [0, 0.05) is 29.9 Å². The van der Waals surface area contributed by atoms with Gasteiger partial charge in [-0.25, -0.2) is 4.98 Å². The lowest BCUT2D eigenvalue weighted by molar-refractivity contribution is -0.138. The Morgan fingerprint density at radius 2 is 1.74 bits per heavy atom. The van der Waals surface area contributed by atoms with Gasteiger partial charge in [-0.15, -0.1) is 0 Å². The quantitative estimate of drug-likeness (QED) is 0.475. The molecule has 3 aromatic rings. The maximum atomic E-state index is 13.0. The van der Waals surface area contributed by atoms with Crippen LogP contribution in [0.3, 0.4) is 0 Å². The average molecular weight is 459 g/mol. The van der Waals surface area contributed by atoms with Gasteiger partial charge < -0.3 is 4.90 Å². The van der Waals surface area contributed by atoms with Crippen molar-refractivity contribution in [2.75, 3.05) is 18.4 Å². The van der Waals surface area contributed by atoms with Gasteiger partial charge in [-0.3, -0.25) is 19.5 Å². The van der Waals surface area contributed by atoms with E-state index in [4.69, 9.17) is 4.98 Å². The predicted octanol–water partition coefficient (Wildman–Crippen LogP) is 5.64. The van der Waals surface area contributed by atoms with Crippen LogP contribution in [0.5, 0.6) is 0 Å². The number of nitrogens with zero attached hydrogens (tertiary/aromatic N) is 3. The minimum Gasteiger partial charge on any atom is -0.333 e. The molecule has 2 aromatic carbocycles. The summed E-state index contributed by atoms with van der Waals surface area (Å²) >= 11 is 0. The van der Waals surface area contributed by atoms with E-state index in [0.717, 1.165) is 42.6 Å². The highest BCUT2D eigenvalue weighted by Gasteiger charge is 2.28. The number of likely N-dealkylation sites (N-methyl/N-ethyl adjacent to an activating group) is 1. The second-order valence-electron chi connectivity index (χ2n) is 9.31. The first-order valence-corrected chi connectivity index (χ1v) is 12.3. The molecule has 0 atom stereocenters. The van der Waals surface area contributed by atoms with Crippen LogP contribution in [0.25, 0.3) is 16.9 Å². The van der Waals surface area contributed by atoms with Gasteiger partial charge in [-0.05, 0) is 43.4 Å². The van der Waals surface area contributed by atoms with Gasteiger partial charge in [0.1, 0.15) is 0 Å². The normalized spacial score (nSPS) is 13.9. The Kier molecular flexibility index (Phi) is 7.46. The first-order valence-electron chi connectivity index (χ1n) is 12.3. The first kappa shape index (κ1) is 23.7. The largest absolute Gasteiger partial charge is 0.333 e. The van der Waals surface area contributed by atoms with E-state index in [-0.39, 0.29) is 24.3 Å². The number of hydrogen-bond acceptors (Lipinski definition) is 3. The summed E-state index contributed by atoms with van der Waals surface area (Å²) in [6.45, 7) is 6.80. The van der Waals surface area contributed by atoms with Gasteiger partial charge >= 0.3 is 0 Å². The fraction of sp³-hybridized carbons (Fsp3) is 0.393. The molecule has 0 saturated heterocycles. The Morgan fingerprint density at radius 3 is 2.35 bits per heavy atom. The standard InChI is InChI=1S/C28H34N4O2/c1-4-31(27(34)23-12-8-9-13-23)19-26(33)30-28-29-25(22-10-6-5-7-11-22)18-32(28)24-16-14-21(15-17-24)20(2)3/h5-7,10-11,14-18,20,23H,4,8-9,12-13,19H2,1-3H3,(H,29,30,33). The maximum absolute atomic E-state index is 13.0. The second-order valence-corrected chi connectivity index (χ2v) is 9.31. The number of benzene rings is 2. The number of imidazole rings is 1. The number of nitrogens with one attached hydrogen (secondary N) is 1. The summed E-state index contributed by atoms with van der Waals surface area (Å²) in [7, 11) is 0. The third kappa shape index (κ3) is 5.38. The van der Waals surface area contributed by atoms with Crippen molar-refractivity contribution in [3.05, 3.63) is 66.4 Å². The van der Waals surface area contributed by atoms with Crippen LogP contribution in [-0.4, -0.2) is 39.4 Å². The number of aromatic nitrogens is 2. The summed E-state index contributed by atoms with van der Waals surface area (Å²) in [5.41, 5.74) is 3.92. The Bertz CT molecular complexity index is 1110. The maximum Gasteiger partial charge on any atom is 0.246 e. The van der Waals surface area contributed by atoms with Crippen molar-refractivity contribution in [2.24, 2.45) is 5.92 Å².